The van der Waals surface area contributed by atoms with Crippen molar-refractivity contribution in [3.05, 3.63) is 58.1 Å². The van der Waals surface area contributed by atoms with E-state index in [1.807, 2.05) is 25.2 Å². The summed E-state index contributed by atoms with van der Waals surface area (Å²) in [6.07, 6.45) is 0. The molecular weight excluding hydrogens is 311 g/mol. The molecule has 19 heavy (non-hydrogen) atoms. The summed E-state index contributed by atoms with van der Waals surface area (Å²) in [6.45, 7) is 1.07. The van der Waals surface area contributed by atoms with Crippen molar-refractivity contribution in [2.45, 2.75) is 13.2 Å². The van der Waals surface area contributed by atoms with Gasteiger partial charge in [0.2, 0.25) is 0 Å². The number of benzene rings is 1. The number of hydrogen-bond acceptors (Lipinski definition) is 3. The summed E-state index contributed by atoms with van der Waals surface area (Å²) in [6, 6.07) is 10.4. The summed E-state index contributed by atoms with van der Waals surface area (Å²) >= 11 is 3.13. The molecule has 1 aromatic heterocycles. The lowest BCUT2D eigenvalue weighted by Gasteiger charge is -2.07. The van der Waals surface area contributed by atoms with Gasteiger partial charge >= 0.3 is 0 Å². The molecule has 0 amide bonds. The SMILES string of the molecule is CNCc1cccc(COc2ccc(F)c(Br)c2)n1. The van der Waals surface area contributed by atoms with Crippen LogP contribution in [0.1, 0.15) is 11.4 Å². The zero-order valence-electron chi connectivity index (χ0n) is 10.5. The van der Waals surface area contributed by atoms with Crippen LogP contribution in [0.2, 0.25) is 0 Å². The van der Waals surface area contributed by atoms with Gasteiger partial charge in [0.15, 0.2) is 0 Å². The summed E-state index contributed by atoms with van der Waals surface area (Å²) in [5.41, 5.74) is 1.80. The summed E-state index contributed by atoms with van der Waals surface area (Å²) in [5, 5.41) is 3.05. The van der Waals surface area contributed by atoms with Crippen LogP contribution in [-0.4, -0.2) is 12.0 Å². The van der Waals surface area contributed by atoms with Crippen LogP contribution in [-0.2, 0) is 13.2 Å². The first kappa shape index (κ1) is 14.0. The van der Waals surface area contributed by atoms with Gasteiger partial charge in [-0.2, -0.15) is 0 Å². The Bertz CT molecular complexity index is 563. The molecule has 0 saturated carbocycles. The minimum absolute atomic E-state index is 0.304. The lowest BCUT2D eigenvalue weighted by molar-refractivity contribution is 0.300. The molecule has 1 aromatic carbocycles. The number of rotatable bonds is 5. The first-order valence-corrected chi connectivity index (χ1v) is 6.65. The molecule has 0 unspecified atom stereocenters. The van der Waals surface area contributed by atoms with E-state index in [1.165, 1.54) is 6.07 Å². The van der Waals surface area contributed by atoms with Crippen LogP contribution in [0.15, 0.2) is 40.9 Å². The Labute approximate surface area is 119 Å². The Hall–Kier alpha value is -1.46. The fraction of sp³-hybridized carbons (Fsp3) is 0.214. The first-order chi connectivity index (χ1) is 9.19. The third-order valence-electron chi connectivity index (χ3n) is 2.50. The van der Waals surface area contributed by atoms with Gasteiger partial charge < -0.3 is 10.1 Å². The van der Waals surface area contributed by atoms with Gasteiger partial charge in [0.05, 0.1) is 15.9 Å². The van der Waals surface area contributed by atoms with Gasteiger partial charge in [0.25, 0.3) is 0 Å². The molecule has 0 bridgehead atoms. The van der Waals surface area contributed by atoms with Crippen molar-refractivity contribution in [3.63, 3.8) is 0 Å². The lowest BCUT2D eigenvalue weighted by atomic mass is 10.3. The number of nitrogens with one attached hydrogen (secondary N) is 1. The average molecular weight is 325 g/mol. The van der Waals surface area contributed by atoms with Crippen LogP contribution in [0.3, 0.4) is 0 Å². The molecule has 3 nitrogen and oxygen atoms in total. The Kier molecular flexibility index (Phi) is 4.87. The van der Waals surface area contributed by atoms with Gasteiger partial charge in [-0.25, -0.2) is 4.39 Å². The number of halogens is 2. The van der Waals surface area contributed by atoms with Gasteiger partial charge in [0, 0.05) is 6.54 Å². The van der Waals surface area contributed by atoms with Gasteiger partial charge in [-0.15, -0.1) is 0 Å². The van der Waals surface area contributed by atoms with Crippen molar-refractivity contribution in [1.82, 2.24) is 10.3 Å². The number of nitrogens with zero attached hydrogens (tertiary/aromatic N) is 1. The molecule has 2 aromatic rings. The monoisotopic (exact) mass is 324 g/mol. The summed E-state index contributed by atoms with van der Waals surface area (Å²) in [7, 11) is 1.88. The highest BCUT2D eigenvalue weighted by Crippen LogP contribution is 2.22. The number of ether oxygens (including phenoxy) is 1. The largest absolute Gasteiger partial charge is 0.487 e. The molecule has 100 valence electrons. The maximum atomic E-state index is 13.1. The summed E-state index contributed by atoms with van der Waals surface area (Å²) < 4.78 is 19.0. The highest BCUT2D eigenvalue weighted by Gasteiger charge is 2.03. The van der Waals surface area contributed by atoms with E-state index in [4.69, 9.17) is 4.74 Å². The van der Waals surface area contributed by atoms with Crippen molar-refractivity contribution in [3.8, 4) is 5.75 Å². The van der Waals surface area contributed by atoms with Crippen molar-refractivity contribution in [1.29, 1.82) is 0 Å². The van der Waals surface area contributed by atoms with E-state index in [-0.39, 0.29) is 5.82 Å². The Morgan fingerprint density at radius 3 is 2.79 bits per heavy atom. The summed E-state index contributed by atoms with van der Waals surface area (Å²) in [4.78, 5) is 4.44. The van der Waals surface area contributed by atoms with Gasteiger partial charge in [0.1, 0.15) is 18.2 Å². The van der Waals surface area contributed by atoms with Gasteiger partial charge in [-0.05, 0) is 53.3 Å². The van der Waals surface area contributed by atoms with Crippen LogP contribution in [0.5, 0.6) is 5.75 Å². The van der Waals surface area contributed by atoms with E-state index in [9.17, 15) is 4.39 Å². The van der Waals surface area contributed by atoms with E-state index in [0.29, 0.717) is 16.8 Å². The summed E-state index contributed by atoms with van der Waals surface area (Å²) in [5.74, 6) is 0.301. The van der Waals surface area contributed by atoms with E-state index in [0.717, 1.165) is 17.9 Å². The van der Waals surface area contributed by atoms with Crippen LogP contribution < -0.4 is 10.1 Å². The topological polar surface area (TPSA) is 34.1 Å². The third-order valence-corrected chi connectivity index (χ3v) is 3.11. The molecule has 0 aliphatic heterocycles. The predicted molar refractivity (Wildman–Crippen MR) is 75.4 cm³/mol. The highest BCUT2D eigenvalue weighted by molar-refractivity contribution is 9.10. The molecule has 0 radical (unpaired) electrons. The van der Waals surface area contributed by atoms with Crippen LogP contribution >= 0.6 is 15.9 Å². The fourth-order valence-corrected chi connectivity index (χ4v) is 1.97. The molecule has 0 aliphatic rings. The van der Waals surface area contributed by atoms with Crippen molar-refractivity contribution in [2.75, 3.05) is 7.05 Å². The predicted octanol–water partition coefficient (Wildman–Crippen LogP) is 3.28. The van der Waals surface area contributed by atoms with E-state index >= 15 is 0 Å². The second-order valence-corrected chi connectivity index (χ2v) is 4.87. The second-order valence-electron chi connectivity index (χ2n) is 4.02. The number of hydrogen-bond donors (Lipinski definition) is 1. The quantitative estimate of drug-likeness (QED) is 0.916. The lowest BCUT2D eigenvalue weighted by Crippen LogP contribution is -2.08. The standard InChI is InChI=1S/C14H14BrFN2O/c1-17-8-10-3-2-4-11(18-10)9-19-12-5-6-14(16)13(15)7-12/h2-7,17H,8-9H2,1H3. The first-order valence-electron chi connectivity index (χ1n) is 5.86. The Balaban J connectivity index is 2.01. The molecule has 1 N–H and O–H groups in total. The number of pyridine rings is 1. The van der Waals surface area contributed by atoms with Crippen LogP contribution in [0.25, 0.3) is 0 Å². The smallest absolute Gasteiger partial charge is 0.137 e. The molecule has 1 heterocycles. The average Bonchev–Trinajstić information content (AvgIpc) is 2.41. The Morgan fingerprint density at radius 2 is 2.05 bits per heavy atom. The molecule has 5 heteroatoms. The molecule has 2 rings (SSSR count). The molecule has 0 spiro atoms. The van der Waals surface area contributed by atoms with Crippen molar-refractivity contribution >= 4 is 15.9 Å². The van der Waals surface area contributed by atoms with E-state index in [1.54, 1.807) is 12.1 Å². The normalized spacial score (nSPS) is 10.5. The second kappa shape index (κ2) is 6.63. The molecule has 0 atom stereocenters. The van der Waals surface area contributed by atoms with Crippen LogP contribution in [0.4, 0.5) is 4.39 Å². The van der Waals surface area contributed by atoms with E-state index < -0.39 is 0 Å². The molecule has 0 saturated heterocycles. The van der Waals surface area contributed by atoms with Crippen LogP contribution in [0, 0.1) is 5.82 Å². The van der Waals surface area contributed by atoms with E-state index in [2.05, 4.69) is 26.2 Å². The van der Waals surface area contributed by atoms with Crippen molar-refractivity contribution in [2.24, 2.45) is 0 Å². The molecular formula is C14H14BrFN2O. The molecule has 0 aliphatic carbocycles. The van der Waals surface area contributed by atoms with Gasteiger partial charge in [-0.1, -0.05) is 6.07 Å². The number of aromatic nitrogens is 1. The van der Waals surface area contributed by atoms with Crippen molar-refractivity contribution < 1.29 is 9.13 Å². The zero-order valence-corrected chi connectivity index (χ0v) is 12.1. The minimum atomic E-state index is -0.304. The fourth-order valence-electron chi connectivity index (χ4n) is 1.61. The maximum absolute atomic E-state index is 13.1. The maximum Gasteiger partial charge on any atom is 0.137 e. The zero-order chi connectivity index (χ0) is 13.7. The Morgan fingerprint density at radius 1 is 1.26 bits per heavy atom. The molecule has 0 fully saturated rings. The third kappa shape index (κ3) is 4.01. The minimum Gasteiger partial charge on any atom is -0.487 e. The highest BCUT2D eigenvalue weighted by atomic mass is 79.9. The van der Waals surface area contributed by atoms with Gasteiger partial charge in [-0.3, -0.25) is 4.98 Å².